The van der Waals surface area contributed by atoms with Crippen LogP contribution in [0.1, 0.15) is 72.2 Å². The number of aromatic nitrogens is 3. The van der Waals surface area contributed by atoms with Crippen LogP contribution in [0.3, 0.4) is 0 Å². The van der Waals surface area contributed by atoms with E-state index >= 15 is 0 Å². The molecule has 0 radical (unpaired) electrons. The van der Waals surface area contributed by atoms with Crippen molar-refractivity contribution in [3.05, 3.63) is 96.4 Å². The lowest BCUT2D eigenvalue weighted by atomic mass is 9.71. The number of fused-ring (bicyclic) bond motifs is 4. The van der Waals surface area contributed by atoms with Gasteiger partial charge in [-0.1, -0.05) is 12.1 Å². The molecular weight excluding hydrogens is 566 g/mol. The van der Waals surface area contributed by atoms with Crippen molar-refractivity contribution in [2.45, 2.75) is 69.3 Å². The highest BCUT2D eigenvalue weighted by molar-refractivity contribution is 6.22. The number of carbonyl (C=O) groups excluding carboxylic acids is 1. The molecule has 2 aliphatic rings. The van der Waals surface area contributed by atoms with Crippen LogP contribution < -0.4 is 17.0 Å². The number of nitrogens with one attached hydrogen (secondary N) is 2. The number of benzene rings is 2. The van der Waals surface area contributed by atoms with Gasteiger partial charge in [0.05, 0.1) is 28.1 Å². The third kappa shape index (κ3) is 4.39. The molecule has 2 aromatic heterocycles. The quantitative estimate of drug-likeness (QED) is 0.263. The maximum atomic E-state index is 14.4. The number of aliphatic hydroxyl groups is 1. The third-order valence-electron chi connectivity index (χ3n) is 9.13. The Labute approximate surface area is 244 Å². The number of alkyl halides is 1. The molecule has 3 unspecified atom stereocenters. The van der Waals surface area contributed by atoms with Crippen LogP contribution in [0.5, 0.6) is 0 Å². The zero-order valence-corrected chi connectivity index (χ0v) is 24.1. The molecule has 0 saturated carbocycles. The highest BCUT2D eigenvalue weighted by Gasteiger charge is 2.43. The molecule has 42 heavy (non-hydrogen) atoms. The number of primary amides is 1. The average molecular weight is 597 g/mol. The standard InChI is InChI=1S/C31H31ClF2N4O4/c1-13-16(5-4-6-23(13)38-29(40)19-10-15(33)11-21(34)26(19)37-30(38)41)24-20(32)12-18(28(35)39)27-25(24)17-8-7-14(31(2,3)42)9-22(17)36-27/h4-6,10-11,14,18,20,24,36,42H,7-9,12H2,1-3H3,(H2,35,39)(H,37,41)/t14-,18?,20?,24?/m0/s1. The fourth-order valence-electron chi connectivity index (χ4n) is 6.94. The molecule has 0 spiro atoms. The second-order valence-corrected chi connectivity index (χ2v) is 12.6. The Morgan fingerprint density at radius 3 is 2.62 bits per heavy atom. The van der Waals surface area contributed by atoms with Gasteiger partial charge >= 0.3 is 5.69 Å². The molecule has 0 aliphatic heterocycles. The summed E-state index contributed by atoms with van der Waals surface area (Å²) >= 11 is 7.05. The number of hydrogen-bond donors (Lipinski definition) is 4. The summed E-state index contributed by atoms with van der Waals surface area (Å²) in [5.41, 5.74) is 8.03. The number of hydrogen-bond acceptors (Lipinski definition) is 4. The Balaban J connectivity index is 1.54. The van der Waals surface area contributed by atoms with E-state index in [4.69, 9.17) is 17.3 Å². The summed E-state index contributed by atoms with van der Waals surface area (Å²) in [6.07, 6.45) is 2.30. The van der Waals surface area contributed by atoms with Crippen LogP contribution in [0.2, 0.25) is 0 Å². The molecule has 2 aliphatic carbocycles. The summed E-state index contributed by atoms with van der Waals surface area (Å²) in [5.74, 6) is -3.46. The summed E-state index contributed by atoms with van der Waals surface area (Å²) in [6.45, 7) is 5.35. The fraction of sp³-hybridized carbons (Fsp3) is 0.387. The Morgan fingerprint density at radius 2 is 1.93 bits per heavy atom. The Morgan fingerprint density at radius 1 is 1.19 bits per heavy atom. The van der Waals surface area contributed by atoms with Gasteiger partial charge in [-0.15, -0.1) is 11.6 Å². The summed E-state index contributed by atoms with van der Waals surface area (Å²) in [4.78, 5) is 45.0. The number of halogens is 3. The lowest BCUT2D eigenvalue weighted by Crippen LogP contribution is -2.36. The average Bonchev–Trinajstić information content (AvgIpc) is 3.28. The van der Waals surface area contributed by atoms with Gasteiger partial charge in [0, 0.05) is 28.7 Å². The van der Waals surface area contributed by atoms with Gasteiger partial charge in [-0.3, -0.25) is 9.59 Å². The molecule has 11 heteroatoms. The lowest BCUT2D eigenvalue weighted by molar-refractivity contribution is -0.119. The van der Waals surface area contributed by atoms with Crippen molar-refractivity contribution in [1.29, 1.82) is 0 Å². The van der Waals surface area contributed by atoms with Crippen LogP contribution in [0.4, 0.5) is 8.78 Å². The second-order valence-electron chi connectivity index (χ2n) is 12.1. The summed E-state index contributed by atoms with van der Waals surface area (Å²) in [5, 5.41) is 9.86. The normalized spacial score (nSPS) is 22.2. The second kappa shape index (κ2) is 9.91. The van der Waals surface area contributed by atoms with E-state index in [0.717, 1.165) is 39.4 Å². The topological polar surface area (TPSA) is 134 Å². The number of amides is 1. The van der Waals surface area contributed by atoms with E-state index in [9.17, 15) is 28.3 Å². The minimum atomic E-state index is -1.04. The van der Waals surface area contributed by atoms with E-state index in [1.165, 1.54) is 0 Å². The molecule has 2 aromatic carbocycles. The predicted molar refractivity (Wildman–Crippen MR) is 155 cm³/mol. The van der Waals surface area contributed by atoms with Crippen LogP contribution in [-0.2, 0) is 17.6 Å². The highest BCUT2D eigenvalue weighted by atomic mass is 35.5. The molecule has 0 bridgehead atoms. The SMILES string of the molecule is Cc1c(C2c3c([nH]c4c3CC[C@H](C(C)(C)O)C4)C(C(N)=O)CC2Cl)cccc1-n1c(=O)[nH]c2c(F)cc(F)cc2c1=O. The smallest absolute Gasteiger partial charge is 0.333 e. The Kier molecular flexibility index (Phi) is 6.69. The first-order valence-corrected chi connectivity index (χ1v) is 14.3. The van der Waals surface area contributed by atoms with Crippen molar-refractivity contribution < 1.29 is 18.7 Å². The van der Waals surface area contributed by atoms with Gasteiger partial charge in [-0.2, -0.15) is 0 Å². The maximum Gasteiger partial charge on any atom is 0.333 e. The van der Waals surface area contributed by atoms with Gasteiger partial charge in [0.2, 0.25) is 5.91 Å². The summed E-state index contributed by atoms with van der Waals surface area (Å²) in [6, 6.07) is 6.67. The van der Waals surface area contributed by atoms with Crippen molar-refractivity contribution in [2.75, 3.05) is 0 Å². The molecule has 5 N–H and O–H groups in total. The van der Waals surface area contributed by atoms with Gasteiger partial charge in [0.1, 0.15) is 5.82 Å². The van der Waals surface area contributed by atoms with Gasteiger partial charge in [0.15, 0.2) is 5.82 Å². The molecule has 220 valence electrons. The zero-order valence-electron chi connectivity index (χ0n) is 23.4. The minimum Gasteiger partial charge on any atom is -0.390 e. The first kappa shape index (κ1) is 28.4. The molecule has 1 amide bonds. The maximum absolute atomic E-state index is 14.4. The van der Waals surface area contributed by atoms with Gasteiger partial charge in [-0.25, -0.2) is 18.1 Å². The molecule has 6 rings (SSSR count). The first-order valence-electron chi connectivity index (χ1n) is 13.9. The Hall–Kier alpha value is -3.76. The van der Waals surface area contributed by atoms with E-state index < -0.39 is 51.6 Å². The largest absolute Gasteiger partial charge is 0.390 e. The minimum absolute atomic E-state index is 0.0219. The van der Waals surface area contributed by atoms with Crippen molar-refractivity contribution >= 4 is 28.4 Å². The molecule has 4 atom stereocenters. The van der Waals surface area contributed by atoms with Gasteiger partial charge in [0.25, 0.3) is 5.56 Å². The predicted octanol–water partition coefficient (Wildman–Crippen LogP) is 4.18. The van der Waals surface area contributed by atoms with E-state index in [1.54, 1.807) is 32.9 Å². The summed E-state index contributed by atoms with van der Waals surface area (Å²) in [7, 11) is 0. The van der Waals surface area contributed by atoms with Gasteiger partial charge in [-0.05, 0) is 86.8 Å². The van der Waals surface area contributed by atoms with Crippen LogP contribution in [-0.4, -0.2) is 36.5 Å². The van der Waals surface area contributed by atoms with Gasteiger partial charge < -0.3 is 20.8 Å². The van der Waals surface area contributed by atoms with Crippen LogP contribution >= 0.6 is 11.6 Å². The molecule has 0 fully saturated rings. The van der Waals surface area contributed by atoms with Crippen LogP contribution in [0.15, 0.2) is 39.9 Å². The van der Waals surface area contributed by atoms with E-state index in [1.807, 2.05) is 6.07 Å². The number of nitrogens with zero attached hydrogens (tertiary/aromatic N) is 1. The number of carbonyl (C=O) groups is 1. The molecule has 2 heterocycles. The number of H-pyrrole nitrogens is 2. The number of nitrogens with two attached hydrogens (primary N) is 1. The molecule has 0 saturated heterocycles. The highest BCUT2D eigenvalue weighted by Crippen LogP contribution is 2.50. The third-order valence-corrected chi connectivity index (χ3v) is 9.56. The molecular formula is C31H31ClF2N4O4. The fourth-order valence-corrected chi connectivity index (χ4v) is 7.38. The first-order chi connectivity index (χ1) is 19.8. The number of rotatable bonds is 4. The summed E-state index contributed by atoms with van der Waals surface area (Å²) < 4.78 is 29.3. The molecule has 4 aromatic rings. The van der Waals surface area contributed by atoms with E-state index in [0.29, 0.717) is 30.2 Å². The molecule has 8 nitrogen and oxygen atoms in total. The Bertz CT molecular complexity index is 1890. The van der Waals surface area contributed by atoms with Crippen molar-refractivity contribution in [1.82, 2.24) is 14.5 Å². The van der Waals surface area contributed by atoms with E-state index in [-0.39, 0.29) is 28.9 Å². The van der Waals surface area contributed by atoms with E-state index in [2.05, 4.69) is 9.97 Å². The monoisotopic (exact) mass is 596 g/mol. The number of aromatic amines is 2. The van der Waals surface area contributed by atoms with Crippen molar-refractivity contribution in [3.8, 4) is 5.69 Å². The lowest BCUT2D eigenvalue weighted by Gasteiger charge is -2.35. The zero-order chi connectivity index (χ0) is 30.2. The van der Waals surface area contributed by atoms with Crippen LogP contribution in [0.25, 0.3) is 16.6 Å². The van der Waals surface area contributed by atoms with Crippen molar-refractivity contribution in [2.24, 2.45) is 11.7 Å². The van der Waals surface area contributed by atoms with Crippen molar-refractivity contribution in [3.63, 3.8) is 0 Å². The van der Waals surface area contributed by atoms with Crippen LogP contribution in [0, 0.1) is 24.5 Å².